The number of hydrogen-bond donors (Lipinski definition) is 0. The summed E-state index contributed by atoms with van der Waals surface area (Å²) in [6.45, 7) is 0. The normalized spacial score (nSPS) is 31.5. The van der Waals surface area contributed by atoms with Crippen LogP contribution in [-0.4, -0.2) is 21.7 Å². The van der Waals surface area contributed by atoms with Gasteiger partial charge in [-0.25, -0.2) is 0 Å². The summed E-state index contributed by atoms with van der Waals surface area (Å²) in [4.78, 5) is 0. The quantitative estimate of drug-likeness (QED) is 0.307. The third-order valence-electron chi connectivity index (χ3n) is 3.19. The summed E-state index contributed by atoms with van der Waals surface area (Å²) in [6, 6.07) is 0. The van der Waals surface area contributed by atoms with Crippen molar-refractivity contribution in [3.8, 4) is 0 Å². The van der Waals surface area contributed by atoms with Gasteiger partial charge >= 0.3 is 0 Å². The summed E-state index contributed by atoms with van der Waals surface area (Å²) in [7, 11) is 0. The summed E-state index contributed by atoms with van der Waals surface area (Å²) >= 11 is 62.1. The average Bonchev–Trinajstić information content (AvgIpc) is 2.26. The van der Waals surface area contributed by atoms with Crippen molar-refractivity contribution in [2.45, 2.75) is 53.8 Å². The van der Waals surface area contributed by atoms with Crippen LogP contribution in [0.1, 0.15) is 32.1 Å². The van der Waals surface area contributed by atoms with Gasteiger partial charge in [0.25, 0.3) is 0 Å². The van der Waals surface area contributed by atoms with Gasteiger partial charge in [0.05, 0.1) is 0 Å². The van der Waals surface area contributed by atoms with Crippen molar-refractivity contribution >= 4 is 116 Å². The van der Waals surface area contributed by atoms with Gasteiger partial charge in [0.2, 0.25) is 0 Å². The minimum absolute atomic E-state index is 0.256. The Morgan fingerprint density at radius 2 is 0.700 bits per heavy atom. The van der Waals surface area contributed by atoms with Gasteiger partial charge < -0.3 is 0 Å². The van der Waals surface area contributed by atoms with Crippen molar-refractivity contribution in [1.29, 1.82) is 0 Å². The number of halogens is 10. The minimum atomic E-state index is -2.23. The third-order valence-corrected chi connectivity index (χ3v) is 10.2. The molecule has 0 aromatic carbocycles. The van der Waals surface area contributed by atoms with Gasteiger partial charge in [-0.1, -0.05) is 135 Å². The molecule has 120 valence electrons. The van der Waals surface area contributed by atoms with Gasteiger partial charge in [0.15, 0.2) is 21.7 Å². The van der Waals surface area contributed by atoms with E-state index in [1.54, 1.807) is 0 Å². The Kier molecular flexibility index (Phi) is 6.97. The van der Waals surface area contributed by atoms with E-state index in [1.165, 1.54) is 0 Å². The summed E-state index contributed by atoms with van der Waals surface area (Å²) in [5, 5.41) is 0. The summed E-state index contributed by atoms with van der Waals surface area (Å²) < 4.78 is -9.81. The van der Waals surface area contributed by atoms with Gasteiger partial charge in [-0.2, -0.15) is 0 Å². The van der Waals surface area contributed by atoms with Crippen LogP contribution in [-0.2, 0) is 0 Å². The molecule has 0 amide bonds. The molecule has 1 fully saturated rings. The summed E-state index contributed by atoms with van der Waals surface area (Å²) in [5.41, 5.74) is 0. The molecular weight excluding hydrogens is 475 g/mol. The maximum Gasteiger partial charge on any atom is 0.189 e. The highest BCUT2D eigenvalue weighted by molar-refractivity contribution is 6.76. The van der Waals surface area contributed by atoms with Crippen LogP contribution >= 0.6 is 116 Å². The van der Waals surface area contributed by atoms with Crippen molar-refractivity contribution in [3.05, 3.63) is 0 Å². The molecule has 1 aliphatic rings. The molecule has 0 atom stereocenters. The second-order valence-electron chi connectivity index (χ2n) is 4.69. The lowest BCUT2D eigenvalue weighted by molar-refractivity contribution is 0.423. The van der Waals surface area contributed by atoms with E-state index in [9.17, 15) is 0 Å². The van der Waals surface area contributed by atoms with E-state index in [4.69, 9.17) is 116 Å². The fraction of sp³-hybridized carbons (Fsp3) is 1.00. The first-order valence-corrected chi connectivity index (χ1v) is 9.38. The Morgan fingerprint density at radius 3 is 1.00 bits per heavy atom. The van der Waals surface area contributed by atoms with Crippen LogP contribution < -0.4 is 0 Å². The molecule has 0 aromatic rings. The number of hydrogen-bond acceptors (Lipinski definition) is 0. The highest BCUT2D eigenvalue weighted by atomic mass is 35.6. The van der Waals surface area contributed by atoms with Crippen LogP contribution in [0.2, 0.25) is 0 Å². The molecule has 0 aromatic heterocycles. The zero-order valence-electron chi connectivity index (χ0n) is 9.82. The van der Waals surface area contributed by atoms with Crippen molar-refractivity contribution < 1.29 is 0 Å². The molecule has 1 aliphatic carbocycles. The molecule has 1 saturated carbocycles. The van der Waals surface area contributed by atoms with E-state index >= 15 is 0 Å². The Hall–Kier alpha value is 2.90. The molecular formula is C10H10Cl10. The molecule has 0 saturated heterocycles. The summed E-state index contributed by atoms with van der Waals surface area (Å²) in [6.07, 6.45) is 2.53. The molecule has 20 heavy (non-hydrogen) atoms. The summed E-state index contributed by atoms with van der Waals surface area (Å²) in [5.74, 6) is 0. The van der Waals surface area contributed by atoms with Crippen molar-refractivity contribution in [2.75, 3.05) is 0 Å². The van der Waals surface area contributed by atoms with Crippen LogP contribution in [0.3, 0.4) is 0 Å². The Morgan fingerprint density at radius 1 is 0.400 bits per heavy atom. The molecule has 0 nitrogen and oxygen atoms in total. The fourth-order valence-corrected chi connectivity index (χ4v) is 5.11. The molecule has 0 N–H and O–H groups in total. The van der Waals surface area contributed by atoms with E-state index in [-0.39, 0.29) is 12.8 Å². The van der Waals surface area contributed by atoms with Gasteiger partial charge in [-0.3, -0.25) is 0 Å². The first-order valence-electron chi connectivity index (χ1n) is 5.60. The van der Waals surface area contributed by atoms with Crippen LogP contribution in [0.15, 0.2) is 0 Å². The highest BCUT2D eigenvalue weighted by Crippen LogP contribution is 2.67. The van der Waals surface area contributed by atoms with Crippen LogP contribution in [0.5, 0.6) is 0 Å². The van der Waals surface area contributed by atoms with E-state index in [0.29, 0.717) is 12.8 Å². The topological polar surface area (TPSA) is 0 Å². The van der Waals surface area contributed by atoms with Crippen molar-refractivity contribution in [3.63, 3.8) is 0 Å². The van der Waals surface area contributed by atoms with E-state index in [1.807, 2.05) is 0 Å². The van der Waals surface area contributed by atoms with E-state index in [2.05, 4.69) is 0 Å². The molecule has 10 heteroatoms. The lowest BCUT2D eigenvalue weighted by Crippen LogP contribution is -2.63. The Balaban J connectivity index is 3.40. The first-order chi connectivity index (χ1) is 8.71. The average molecular weight is 485 g/mol. The van der Waals surface area contributed by atoms with Gasteiger partial charge in [-0.15, -0.1) is 0 Å². The third kappa shape index (κ3) is 3.46. The fourth-order valence-electron chi connectivity index (χ4n) is 1.84. The number of alkyl halides is 10. The molecule has 0 unspecified atom stereocenters. The lowest BCUT2D eigenvalue weighted by Gasteiger charge is -2.50. The van der Waals surface area contributed by atoms with Gasteiger partial charge in [0.1, 0.15) is 0 Å². The largest absolute Gasteiger partial charge is 0.189 e. The van der Waals surface area contributed by atoms with E-state index in [0.717, 1.165) is 6.42 Å². The van der Waals surface area contributed by atoms with Crippen LogP contribution in [0.25, 0.3) is 0 Å². The SMILES string of the molecule is ClC1(Cl)CCCCCC(Cl)(Cl)C(Cl)(Cl)C(Cl)(Cl)C1(Cl)Cl. The zero-order valence-corrected chi connectivity index (χ0v) is 17.4. The van der Waals surface area contributed by atoms with Gasteiger partial charge in [0, 0.05) is 0 Å². The molecule has 0 spiro atoms. The second-order valence-corrected chi connectivity index (χ2v) is 11.6. The van der Waals surface area contributed by atoms with Crippen molar-refractivity contribution in [1.82, 2.24) is 0 Å². The molecule has 0 radical (unpaired) electrons. The minimum Gasteiger partial charge on any atom is -0.0982 e. The predicted molar refractivity (Wildman–Crippen MR) is 95.3 cm³/mol. The second kappa shape index (κ2) is 6.66. The predicted octanol–water partition coefficient (Wildman–Crippen LogP) is 7.82. The maximum atomic E-state index is 6.23. The molecule has 0 bridgehead atoms. The van der Waals surface area contributed by atoms with Crippen LogP contribution in [0.4, 0.5) is 0 Å². The zero-order chi connectivity index (χ0) is 16.0. The lowest BCUT2D eigenvalue weighted by atomic mass is 9.97. The van der Waals surface area contributed by atoms with Crippen LogP contribution in [0, 0.1) is 0 Å². The number of rotatable bonds is 0. The van der Waals surface area contributed by atoms with Gasteiger partial charge in [-0.05, 0) is 12.8 Å². The van der Waals surface area contributed by atoms with E-state index < -0.39 is 21.7 Å². The Labute approximate surface area is 168 Å². The molecule has 0 aliphatic heterocycles. The highest BCUT2D eigenvalue weighted by Gasteiger charge is 2.72. The smallest absolute Gasteiger partial charge is 0.0982 e. The first kappa shape index (κ1) is 20.9. The monoisotopic (exact) mass is 480 g/mol. The standard InChI is InChI=1S/C10H10Cl10/c11-6(12)4-2-1-3-5-7(13,14)9(17,18)10(19,20)8(6,15)16/h1-5H2. The molecule has 0 heterocycles. The maximum absolute atomic E-state index is 6.23. The van der Waals surface area contributed by atoms with Crippen molar-refractivity contribution in [2.24, 2.45) is 0 Å². The Bertz CT molecular complexity index is 327. The molecule has 1 rings (SSSR count).